The molecule has 1 atom stereocenters. The van der Waals surface area contributed by atoms with E-state index in [0.29, 0.717) is 11.3 Å². The van der Waals surface area contributed by atoms with E-state index in [1.54, 1.807) is 31.2 Å². The summed E-state index contributed by atoms with van der Waals surface area (Å²) in [6, 6.07) is 6.90. The second-order valence-electron chi connectivity index (χ2n) is 4.94. The Morgan fingerprint density at radius 2 is 1.95 bits per heavy atom. The van der Waals surface area contributed by atoms with E-state index in [2.05, 4.69) is 0 Å². The van der Waals surface area contributed by atoms with Crippen molar-refractivity contribution in [1.29, 1.82) is 0 Å². The van der Waals surface area contributed by atoms with Crippen LogP contribution in [-0.4, -0.2) is 45.7 Å². The molecule has 1 aliphatic heterocycles. The highest BCUT2D eigenvalue weighted by atomic mass is 32.2. The van der Waals surface area contributed by atoms with Gasteiger partial charge in [-0.2, -0.15) is 0 Å². The van der Waals surface area contributed by atoms with Gasteiger partial charge in [-0.3, -0.25) is 0 Å². The zero-order valence-electron chi connectivity index (χ0n) is 11.0. The van der Waals surface area contributed by atoms with Crippen molar-refractivity contribution >= 4 is 9.84 Å². The Balaban J connectivity index is 2.18. The molecule has 6 heteroatoms. The largest absolute Gasteiger partial charge is 0.491 e. The molecule has 19 heavy (non-hydrogen) atoms. The van der Waals surface area contributed by atoms with Crippen molar-refractivity contribution in [2.75, 3.05) is 26.1 Å². The molecule has 0 spiro atoms. The average molecular weight is 286 g/mol. The van der Waals surface area contributed by atoms with Crippen LogP contribution in [0.5, 0.6) is 5.75 Å². The van der Waals surface area contributed by atoms with Crippen LogP contribution in [0.1, 0.15) is 12.5 Å². The zero-order valence-corrected chi connectivity index (χ0v) is 11.8. The summed E-state index contributed by atoms with van der Waals surface area (Å²) in [5.74, 6) is 0.605. The maximum Gasteiger partial charge on any atom is 0.161 e. The molecule has 0 bridgehead atoms. The van der Waals surface area contributed by atoms with Gasteiger partial charge in [0.25, 0.3) is 0 Å². The predicted octanol–water partition coefficient (Wildman–Crippen LogP) is 0.716. The first-order chi connectivity index (χ1) is 8.85. The molecular formula is C13H18O5S. The third-order valence-corrected chi connectivity index (χ3v) is 5.14. The third-order valence-electron chi connectivity index (χ3n) is 3.25. The smallest absolute Gasteiger partial charge is 0.161 e. The van der Waals surface area contributed by atoms with Crippen molar-refractivity contribution in [3.05, 3.63) is 29.8 Å². The molecule has 2 rings (SSSR count). The van der Waals surface area contributed by atoms with Gasteiger partial charge in [0.1, 0.15) is 17.1 Å². The number of hydrogen-bond donors (Lipinski definition) is 1. The van der Waals surface area contributed by atoms with Crippen molar-refractivity contribution in [2.24, 2.45) is 0 Å². The Morgan fingerprint density at radius 3 is 2.32 bits per heavy atom. The van der Waals surface area contributed by atoms with Gasteiger partial charge in [-0.25, -0.2) is 8.42 Å². The number of aliphatic hydroxyl groups is 1. The fraction of sp³-hybridized carbons (Fsp3) is 0.538. The SMILES string of the molecule is CC(O)COc1ccc(C2(S(C)(=O)=O)COC2)cc1. The second-order valence-corrected chi connectivity index (χ2v) is 7.27. The van der Waals surface area contributed by atoms with Gasteiger partial charge in [-0.1, -0.05) is 12.1 Å². The molecule has 1 N–H and O–H groups in total. The average Bonchev–Trinajstić information content (AvgIpc) is 2.24. The summed E-state index contributed by atoms with van der Waals surface area (Å²) in [6.45, 7) is 2.23. The van der Waals surface area contributed by atoms with Gasteiger partial charge in [0.05, 0.1) is 19.3 Å². The lowest BCUT2D eigenvalue weighted by Crippen LogP contribution is -2.52. The molecule has 1 heterocycles. The highest BCUT2D eigenvalue weighted by molar-refractivity contribution is 7.91. The lowest BCUT2D eigenvalue weighted by Gasteiger charge is -2.39. The molecule has 1 fully saturated rings. The lowest BCUT2D eigenvalue weighted by molar-refractivity contribution is -0.0156. The van der Waals surface area contributed by atoms with E-state index in [0.717, 1.165) is 0 Å². The van der Waals surface area contributed by atoms with Crippen molar-refractivity contribution in [3.63, 3.8) is 0 Å². The van der Waals surface area contributed by atoms with Crippen LogP contribution in [0, 0.1) is 0 Å². The highest BCUT2D eigenvalue weighted by Gasteiger charge is 2.49. The van der Waals surface area contributed by atoms with Gasteiger partial charge in [-0.05, 0) is 24.6 Å². The number of sulfone groups is 1. The minimum atomic E-state index is -3.23. The Morgan fingerprint density at radius 1 is 1.37 bits per heavy atom. The van der Waals surface area contributed by atoms with Crippen LogP contribution in [0.3, 0.4) is 0 Å². The standard InChI is InChI=1S/C13H18O5S/c1-10(14)7-18-12-5-3-11(4-6-12)13(8-17-9-13)19(2,15)16/h3-6,10,14H,7-9H2,1-2H3. The first kappa shape index (κ1) is 14.3. The predicted molar refractivity (Wildman–Crippen MR) is 71.0 cm³/mol. The molecule has 1 unspecified atom stereocenters. The van der Waals surface area contributed by atoms with Crippen LogP contribution in [-0.2, 0) is 19.3 Å². The number of aliphatic hydroxyl groups excluding tert-OH is 1. The van der Waals surface area contributed by atoms with Gasteiger partial charge < -0.3 is 14.6 Å². The minimum absolute atomic E-state index is 0.194. The fourth-order valence-electron chi connectivity index (χ4n) is 1.95. The van der Waals surface area contributed by atoms with Crippen molar-refractivity contribution in [3.8, 4) is 5.75 Å². The van der Waals surface area contributed by atoms with Gasteiger partial charge in [0, 0.05) is 6.26 Å². The van der Waals surface area contributed by atoms with E-state index in [-0.39, 0.29) is 19.8 Å². The third kappa shape index (κ3) is 2.75. The monoisotopic (exact) mass is 286 g/mol. The molecule has 0 aromatic heterocycles. The van der Waals surface area contributed by atoms with E-state index in [1.807, 2.05) is 0 Å². The summed E-state index contributed by atoms with van der Waals surface area (Å²) in [5, 5.41) is 9.13. The van der Waals surface area contributed by atoms with E-state index < -0.39 is 20.7 Å². The molecule has 0 saturated carbocycles. The highest BCUT2D eigenvalue weighted by Crippen LogP contribution is 2.37. The van der Waals surface area contributed by atoms with E-state index >= 15 is 0 Å². The number of benzene rings is 1. The molecule has 106 valence electrons. The van der Waals surface area contributed by atoms with Gasteiger partial charge in [0.2, 0.25) is 0 Å². The molecule has 5 nitrogen and oxygen atoms in total. The maximum atomic E-state index is 11.9. The Hall–Kier alpha value is -1.11. The van der Waals surface area contributed by atoms with Crippen LogP contribution < -0.4 is 4.74 Å². The Labute approximate surface area is 113 Å². The summed E-state index contributed by atoms with van der Waals surface area (Å²) in [7, 11) is -3.23. The first-order valence-corrected chi connectivity index (χ1v) is 7.93. The summed E-state index contributed by atoms with van der Waals surface area (Å²) in [4.78, 5) is 0. The van der Waals surface area contributed by atoms with Crippen LogP contribution >= 0.6 is 0 Å². The van der Waals surface area contributed by atoms with E-state index in [1.165, 1.54) is 6.26 Å². The molecule has 0 amide bonds. The van der Waals surface area contributed by atoms with Crippen LogP contribution in [0.15, 0.2) is 24.3 Å². The molecule has 1 aromatic carbocycles. The topological polar surface area (TPSA) is 72.8 Å². The second kappa shape index (κ2) is 5.11. The van der Waals surface area contributed by atoms with Crippen LogP contribution in [0.2, 0.25) is 0 Å². The van der Waals surface area contributed by atoms with E-state index in [4.69, 9.17) is 14.6 Å². The number of hydrogen-bond acceptors (Lipinski definition) is 5. The molecule has 1 saturated heterocycles. The fourth-order valence-corrected chi connectivity index (χ4v) is 3.11. The summed E-state index contributed by atoms with van der Waals surface area (Å²) in [5.41, 5.74) is 0.714. The minimum Gasteiger partial charge on any atom is -0.491 e. The van der Waals surface area contributed by atoms with Gasteiger partial charge in [-0.15, -0.1) is 0 Å². The summed E-state index contributed by atoms with van der Waals surface area (Å²) >= 11 is 0. The lowest BCUT2D eigenvalue weighted by atomic mass is 9.96. The van der Waals surface area contributed by atoms with Gasteiger partial charge >= 0.3 is 0 Å². The van der Waals surface area contributed by atoms with Crippen LogP contribution in [0.25, 0.3) is 0 Å². The Kier molecular flexibility index (Phi) is 3.85. The van der Waals surface area contributed by atoms with Gasteiger partial charge in [0.15, 0.2) is 9.84 Å². The van der Waals surface area contributed by atoms with Crippen molar-refractivity contribution in [2.45, 2.75) is 17.8 Å². The Bertz CT molecular complexity index is 529. The molecule has 1 aromatic rings. The number of ether oxygens (including phenoxy) is 2. The first-order valence-electron chi connectivity index (χ1n) is 6.04. The van der Waals surface area contributed by atoms with Crippen molar-refractivity contribution < 1.29 is 23.0 Å². The summed E-state index contributed by atoms with van der Waals surface area (Å²) in [6.07, 6.45) is 0.690. The zero-order chi connectivity index (χ0) is 14.1. The summed E-state index contributed by atoms with van der Waals surface area (Å²) < 4.78 is 33.3. The van der Waals surface area contributed by atoms with Crippen molar-refractivity contribution in [1.82, 2.24) is 0 Å². The normalized spacial score (nSPS) is 19.5. The molecular weight excluding hydrogens is 268 g/mol. The quantitative estimate of drug-likeness (QED) is 0.863. The molecule has 0 aliphatic carbocycles. The maximum absolute atomic E-state index is 11.9. The van der Waals surface area contributed by atoms with E-state index in [9.17, 15) is 8.42 Å². The number of rotatable bonds is 5. The molecule has 0 radical (unpaired) electrons. The molecule has 1 aliphatic rings. The van der Waals surface area contributed by atoms with Crippen LogP contribution in [0.4, 0.5) is 0 Å².